The Morgan fingerprint density at radius 1 is 1.14 bits per heavy atom. The second-order valence-corrected chi connectivity index (χ2v) is 12.9. The minimum absolute atomic E-state index is 0.130. The Morgan fingerprint density at radius 2 is 1.95 bits per heavy atom. The van der Waals surface area contributed by atoms with Crippen LogP contribution in [0, 0.1) is 28.1 Å². The van der Waals surface area contributed by atoms with Crippen molar-refractivity contribution >= 4 is 0 Å². The summed E-state index contributed by atoms with van der Waals surface area (Å²) in [5, 5.41) is 23.3. The number of aromatic nitrogens is 1. The molecule has 7 heteroatoms. The standard InChI is InChI=1S/C30H35NO6/c1-17-7-8-22-27(4,10-9-21-26(2,3)29(34)12-11-28(21,22)16-35-29)30(17)24(32)23-20(37-30)14-19(36-25(23)33)18-6-5-13-31-15-18/h5-7,13-15,21-22,24,32,34H,8-12,16H2,1-4H3/t21-,22-,24-,27+,28+,29-,30+/m0/s1. The topological polar surface area (TPSA) is 102 Å². The van der Waals surface area contributed by atoms with Crippen LogP contribution in [0.25, 0.3) is 11.3 Å². The summed E-state index contributed by atoms with van der Waals surface area (Å²) in [6, 6.07) is 5.34. The first-order valence-electron chi connectivity index (χ1n) is 13.5. The molecule has 2 aromatic rings. The number of hydrogen-bond donors (Lipinski definition) is 2. The third-order valence-electron chi connectivity index (χ3n) is 11.4. The largest absolute Gasteiger partial charge is 0.478 e. The molecule has 0 amide bonds. The average molecular weight is 506 g/mol. The van der Waals surface area contributed by atoms with Crippen LogP contribution >= 0.6 is 0 Å². The second-order valence-electron chi connectivity index (χ2n) is 12.9. The van der Waals surface area contributed by atoms with Gasteiger partial charge in [-0.1, -0.05) is 26.8 Å². The number of ether oxygens (including phenoxy) is 2. The molecule has 6 aliphatic rings. The fourth-order valence-electron chi connectivity index (χ4n) is 9.45. The molecule has 2 N–H and O–H groups in total. The van der Waals surface area contributed by atoms with Crippen molar-refractivity contribution in [3.8, 4) is 17.1 Å². The first-order chi connectivity index (χ1) is 17.5. The lowest BCUT2D eigenvalue weighted by Crippen LogP contribution is -2.74. The van der Waals surface area contributed by atoms with E-state index in [0.717, 1.165) is 31.3 Å². The van der Waals surface area contributed by atoms with E-state index in [1.54, 1.807) is 24.5 Å². The summed E-state index contributed by atoms with van der Waals surface area (Å²) in [5.74, 6) is 0.136. The molecule has 2 bridgehead atoms. The van der Waals surface area contributed by atoms with Crippen LogP contribution in [0.3, 0.4) is 0 Å². The fourth-order valence-corrected chi connectivity index (χ4v) is 9.45. The predicted octanol–water partition coefficient (Wildman–Crippen LogP) is 4.77. The summed E-state index contributed by atoms with van der Waals surface area (Å²) >= 11 is 0. The molecular weight excluding hydrogens is 470 g/mol. The molecule has 2 saturated carbocycles. The van der Waals surface area contributed by atoms with E-state index in [4.69, 9.17) is 13.9 Å². The van der Waals surface area contributed by atoms with E-state index in [-0.39, 0.29) is 22.3 Å². The quantitative estimate of drug-likeness (QED) is 0.538. The highest BCUT2D eigenvalue weighted by Crippen LogP contribution is 2.75. The number of nitrogens with zero attached hydrogens (tertiary/aromatic N) is 1. The zero-order valence-electron chi connectivity index (χ0n) is 21.9. The lowest BCUT2D eigenvalue weighted by Gasteiger charge is -2.72. The summed E-state index contributed by atoms with van der Waals surface area (Å²) < 4.78 is 18.8. The zero-order chi connectivity index (χ0) is 26.0. The molecule has 8 rings (SSSR count). The van der Waals surface area contributed by atoms with Gasteiger partial charge >= 0.3 is 5.63 Å². The van der Waals surface area contributed by atoms with Gasteiger partial charge in [-0.25, -0.2) is 4.79 Å². The number of rotatable bonds is 1. The van der Waals surface area contributed by atoms with Crippen LogP contribution in [0.5, 0.6) is 5.75 Å². The van der Waals surface area contributed by atoms with E-state index >= 15 is 0 Å². The van der Waals surface area contributed by atoms with Gasteiger partial charge in [0, 0.05) is 46.7 Å². The summed E-state index contributed by atoms with van der Waals surface area (Å²) in [7, 11) is 0. The number of fused-ring (bicyclic) bond motifs is 5. The molecule has 0 aromatic carbocycles. The van der Waals surface area contributed by atoms with Crippen molar-refractivity contribution in [3.05, 3.63) is 58.2 Å². The van der Waals surface area contributed by atoms with Gasteiger partial charge in [-0.3, -0.25) is 4.98 Å². The van der Waals surface area contributed by atoms with Gasteiger partial charge in [0.1, 0.15) is 23.2 Å². The Hall–Kier alpha value is -2.48. The highest BCUT2D eigenvalue weighted by atomic mass is 16.6. The normalized spacial score (nSPS) is 43.0. The van der Waals surface area contributed by atoms with Crippen LogP contribution in [0.4, 0.5) is 0 Å². The number of aliphatic hydroxyl groups excluding tert-OH is 1. The molecule has 0 unspecified atom stereocenters. The highest BCUT2D eigenvalue weighted by Gasteiger charge is 2.76. The van der Waals surface area contributed by atoms with Crippen LogP contribution in [-0.2, 0) is 4.74 Å². The van der Waals surface area contributed by atoms with Crippen molar-refractivity contribution in [1.29, 1.82) is 0 Å². The summed E-state index contributed by atoms with van der Waals surface area (Å²) in [6.07, 6.45) is 8.45. The average Bonchev–Trinajstić information content (AvgIpc) is 3.18. The van der Waals surface area contributed by atoms with E-state index in [1.165, 1.54) is 0 Å². The van der Waals surface area contributed by atoms with Crippen LogP contribution < -0.4 is 10.4 Å². The Kier molecular flexibility index (Phi) is 4.55. The predicted molar refractivity (Wildman–Crippen MR) is 136 cm³/mol. The van der Waals surface area contributed by atoms with Gasteiger partial charge in [0.25, 0.3) is 0 Å². The van der Waals surface area contributed by atoms with Gasteiger partial charge in [0.05, 0.1) is 6.61 Å². The maximum atomic E-state index is 13.3. The molecule has 0 radical (unpaired) electrons. The van der Waals surface area contributed by atoms with E-state index in [2.05, 4.69) is 31.8 Å². The Morgan fingerprint density at radius 3 is 2.65 bits per heavy atom. The van der Waals surface area contributed by atoms with Gasteiger partial charge in [0.2, 0.25) is 0 Å². The minimum atomic E-state index is -1.14. The van der Waals surface area contributed by atoms with Crippen molar-refractivity contribution < 1.29 is 24.1 Å². The molecule has 7 atom stereocenters. The number of pyridine rings is 1. The molecule has 2 spiro atoms. The van der Waals surface area contributed by atoms with Crippen LogP contribution in [0.1, 0.15) is 71.5 Å². The van der Waals surface area contributed by atoms with Crippen molar-refractivity contribution in [2.75, 3.05) is 6.61 Å². The van der Waals surface area contributed by atoms with Crippen LogP contribution in [0.15, 0.2) is 51.5 Å². The van der Waals surface area contributed by atoms with Gasteiger partial charge in [0.15, 0.2) is 11.4 Å². The highest BCUT2D eigenvalue weighted by molar-refractivity contribution is 5.60. The van der Waals surface area contributed by atoms with Gasteiger partial charge in [-0.05, 0) is 62.1 Å². The first kappa shape index (κ1) is 23.6. The Labute approximate surface area is 216 Å². The third-order valence-corrected chi connectivity index (χ3v) is 11.4. The smallest absolute Gasteiger partial charge is 0.346 e. The molecule has 2 aromatic heterocycles. The van der Waals surface area contributed by atoms with E-state index in [1.807, 2.05) is 13.0 Å². The van der Waals surface area contributed by atoms with Crippen LogP contribution in [0.2, 0.25) is 0 Å². The third kappa shape index (κ3) is 2.58. The molecule has 2 saturated heterocycles. The summed E-state index contributed by atoms with van der Waals surface area (Å²) in [6.45, 7) is 9.06. The van der Waals surface area contributed by atoms with E-state index in [9.17, 15) is 15.0 Å². The Bertz CT molecular complexity index is 1370. The van der Waals surface area contributed by atoms with Crippen molar-refractivity contribution in [2.45, 2.75) is 77.3 Å². The maximum Gasteiger partial charge on any atom is 0.346 e. The van der Waals surface area contributed by atoms with Gasteiger partial charge in [-0.2, -0.15) is 0 Å². The molecule has 4 fully saturated rings. The SMILES string of the molecule is CC1=CC[C@@H]2[C@]34CC[C@](O)(OC3)C(C)(C)[C@@H]4CC[C@@]2(C)[C@@]12Oc1cc(-c3cccnc3)oc(=O)c1[C@@H]2O. The molecule has 196 valence electrons. The molecule has 3 aliphatic heterocycles. The summed E-state index contributed by atoms with van der Waals surface area (Å²) in [4.78, 5) is 17.4. The van der Waals surface area contributed by atoms with Crippen molar-refractivity contribution in [1.82, 2.24) is 4.98 Å². The van der Waals surface area contributed by atoms with E-state index in [0.29, 0.717) is 36.0 Å². The first-order valence-corrected chi connectivity index (χ1v) is 13.5. The second kappa shape index (κ2) is 7.13. The van der Waals surface area contributed by atoms with Crippen LogP contribution in [-0.4, -0.2) is 33.2 Å². The van der Waals surface area contributed by atoms with Crippen molar-refractivity contribution in [3.63, 3.8) is 0 Å². The minimum Gasteiger partial charge on any atom is -0.478 e. The number of allylic oxidation sites excluding steroid dienone is 1. The van der Waals surface area contributed by atoms with Gasteiger partial charge in [-0.15, -0.1) is 0 Å². The number of aliphatic hydroxyl groups is 2. The molecule has 3 aliphatic carbocycles. The molecule has 5 heterocycles. The lowest BCUT2D eigenvalue weighted by atomic mass is 9.36. The Balaban J connectivity index is 1.36. The molecule has 37 heavy (non-hydrogen) atoms. The number of hydrogen-bond acceptors (Lipinski definition) is 7. The van der Waals surface area contributed by atoms with Gasteiger partial charge < -0.3 is 24.1 Å². The maximum absolute atomic E-state index is 13.3. The summed E-state index contributed by atoms with van der Waals surface area (Å²) in [5.41, 5.74) is -0.770. The molecule has 7 nitrogen and oxygen atoms in total. The monoisotopic (exact) mass is 505 g/mol. The van der Waals surface area contributed by atoms with Crippen molar-refractivity contribution in [2.24, 2.45) is 28.1 Å². The fraction of sp³-hybridized carbons (Fsp3) is 0.600. The lowest BCUT2D eigenvalue weighted by molar-refractivity contribution is -0.396. The molecular formula is C30H35NO6. The zero-order valence-corrected chi connectivity index (χ0v) is 21.9. The van der Waals surface area contributed by atoms with E-state index < -0.39 is 28.5 Å².